The number of thiol groups is 1. The van der Waals surface area contributed by atoms with Gasteiger partial charge in [0, 0.05) is 19.9 Å². The summed E-state index contributed by atoms with van der Waals surface area (Å²) in [4.78, 5) is 22.4. The summed E-state index contributed by atoms with van der Waals surface area (Å²) in [5.41, 5.74) is 0. The first kappa shape index (κ1) is 17.3. The fourth-order valence-corrected chi connectivity index (χ4v) is 2.10. The van der Waals surface area contributed by atoms with Crippen LogP contribution in [0.4, 0.5) is 0 Å². The van der Waals surface area contributed by atoms with Gasteiger partial charge >= 0.3 is 5.97 Å². The molecule has 0 aromatic heterocycles. The second-order valence-electron chi connectivity index (χ2n) is 6.77. The Labute approximate surface area is 111 Å². The zero-order chi connectivity index (χ0) is 14.3. The third-order valence-corrected chi connectivity index (χ3v) is 4.53. The molecular weight excluding hydrogens is 250 g/mol. The summed E-state index contributed by atoms with van der Waals surface area (Å²) in [5, 5.41) is 2.56. The van der Waals surface area contributed by atoms with Gasteiger partial charge in [-0.2, -0.15) is 0 Å². The van der Waals surface area contributed by atoms with Gasteiger partial charge in [0.15, 0.2) is 0 Å². The molecule has 5 heteroatoms. The summed E-state index contributed by atoms with van der Waals surface area (Å²) < 4.78 is 5.21. The molecule has 0 fully saturated rings. The number of hydrogen-bond donors (Lipinski definition) is 2. The average molecular weight is 279 g/mol. The first-order chi connectivity index (χ1) is 8.10. The molecule has 18 heavy (non-hydrogen) atoms. The fourth-order valence-electron chi connectivity index (χ4n) is 1.28. The minimum absolute atomic E-state index is 0.0228. The van der Waals surface area contributed by atoms with Gasteiger partial charge in [0.25, 0.3) is 0 Å². The van der Waals surface area contributed by atoms with Crippen molar-refractivity contribution in [3.05, 3.63) is 0 Å². The maximum absolute atomic E-state index is 11.4. The van der Waals surface area contributed by atoms with Gasteiger partial charge in [-0.25, -0.2) is 0 Å². The Hall–Kier alpha value is -0.710. The van der Waals surface area contributed by atoms with Crippen LogP contribution in [0.5, 0.6) is 0 Å². The smallest absolute Gasteiger partial charge is 0.305 e. The van der Waals surface area contributed by atoms with Crippen LogP contribution in [0.3, 0.4) is 0 Å². The van der Waals surface area contributed by atoms with E-state index in [0.29, 0.717) is 25.9 Å². The van der Waals surface area contributed by atoms with Crippen molar-refractivity contribution in [2.75, 3.05) is 44.4 Å². The molecule has 0 aromatic rings. The van der Waals surface area contributed by atoms with Crippen molar-refractivity contribution >= 4 is 21.0 Å². The standard InChI is InChI=1S/C13H29NO3S/c1-14-12(15)8-6-7-9-13(16)17-10-11-18(2,3,4)5/h18H,6-11H2,1-5H3,(H,14,15). The predicted octanol–water partition coefficient (Wildman–Crippen LogP) is 1.43. The molecule has 0 aliphatic heterocycles. The van der Waals surface area contributed by atoms with Gasteiger partial charge in [-0.3, -0.25) is 18.8 Å². The Balaban J connectivity index is 3.59. The molecule has 1 amide bonds. The second-order valence-corrected chi connectivity index (χ2v) is 15.1. The fraction of sp³-hybridized carbons (Fsp3) is 0.846. The van der Waals surface area contributed by atoms with Crippen molar-refractivity contribution in [2.24, 2.45) is 0 Å². The highest BCUT2D eigenvalue weighted by molar-refractivity contribution is 8.47. The molecule has 1 N–H and O–H groups in total. The zero-order valence-corrected chi connectivity index (χ0v) is 13.3. The molecule has 0 aliphatic carbocycles. The maximum atomic E-state index is 11.4. The van der Waals surface area contributed by atoms with Crippen LogP contribution in [0.25, 0.3) is 0 Å². The van der Waals surface area contributed by atoms with Gasteiger partial charge in [0.1, 0.15) is 0 Å². The number of ether oxygens (including phenoxy) is 1. The summed E-state index contributed by atoms with van der Waals surface area (Å²) in [5.74, 6) is 0.845. The Kier molecular flexibility index (Phi) is 6.74. The van der Waals surface area contributed by atoms with Gasteiger partial charge in [-0.15, -0.1) is 0 Å². The van der Waals surface area contributed by atoms with Crippen LogP contribution in [0.2, 0.25) is 0 Å². The number of esters is 1. The van der Waals surface area contributed by atoms with E-state index in [1.54, 1.807) is 7.05 Å². The number of amides is 1. The Morgan fingerprint density at radius 1 is 1.06 bits per heavy atom. The van der Waals surface area contributed by atoms with Gasteiger partial charge in [-0.05, 0) is 43.6 Å². The number of rotatable bonds is 8. The van der Waals surface area contributed by atoms with Crippen molar-refractivity contribution in [1.82, 2.24) is 5.32 Å². The first-order valence-corrected chi connectivity index (χ1v) is 10.7. The van der Waals surface area contributed by atoms with E-state index in [1.807, 2.05) is 0 Å². The molecule has 110 valence electrons. The number of carbonyl (C=O) groups excluding carboxylic acids is 2. The lowest BCUT2D eigenvalue weighted by atomic mass is 10.2. The molecule has 0 atom stereocenters. The van der Waals surface area contributed by atoms with Gasteiger partial charge in [0.05, 0.1) is 6.61 Å². The van der Waals surface area contributed by atoms with Crippen molar-refractivity contribution in [2.45, 2.75) is 25.7 Å². The molecule has 0 saturated carbocycles. The molecule has 0 bridgehead atoms. The van der Waals surface area contributed by atoms with E-state index in [0.717, 1.165) is 12.2 Å². The van der Waals surface area contributed by atoms with E-state index in [9.17, 15) is 9.59 Å². The molecule has 4 nitrogen and oxygen atoms in total. The SMILES string of the molecule is CNC(=O)CCCCC(=O)OCC[SH](C)(C)(C)C. The highest BCUT2D eigenvalue weighted by Crippen LogP contribution is 2.54. The van der Waals surface area contributed by atoms with Crippen LogP contribution >= 0.6 is 9.16 Å². The number of nitrogens with one attached hydrogen (secondary N) is 1. The molecule has 0 unspecified atom stereocenters. The Bertz CT molecular complexity index is 285. The topological polar surface area (TPSA) is 55.4 Å². The molecule has 0 saturated heterocycles. The molecule has 0 rings (SSSR count). The first-order valence-electron chi connectivity index (χ1n) is 6.46. The predicted molar refractivity (Wildman–Crippen MR) is 81.0 cm³/mol. The Morgan fingerprint density at radius 3 is 2.11 bits per heavy atom. The molecular formula is C13H29NO3S. The largest absolute Gasteiger partial charge is 0.465 e. The van der Waals surface area contributed by atoms with E-state index in [-0.39, 0.29) is 11.9 Å². The van der Waals surface area contributed by atoms with Crippen LogP contribution in [-0.2, 0) is 14.3 Å². The van der Waals surface area contributed by atoms with Gasteiger partial charge < -0.3 is 10.1 Å². The third-order valence-electron chi connectivity index (χ3n) is 2.56. The van der Waals surface area contributed by atoms with Crippen molar-refractivity contribution in [1.29, 1.82) is 0 Å². The lowest BCUT2D eigenvalue weighted by Gasteiger charge is -2.46. The van der Waals surface area contributed by atoms with Crippen LogP contribution < -0.4 is 5.32 Å². The monoisotopic (exact) mass is 279 g/mol. The summed E-state index contributed by atoms with van der Waals surface area (Å²) >= 11 is 0. The summed E-state index contributed by atoms with van der Waals surface area (Å²) in [6.07, 6.45) is 11.4. The summed E-state index contributed by atoms with van der Waals surface area (Å²) in [7, 11) is 0.0498. The lowest BCUT2D eigenvalue weighted by molar-refractivity contribution is -0.143. The van der Waals surface area contributed by atoms with Crippen LogP contribution in [0.15, 0.2) is 0 Å². The second kappa shape index (κ2) is 7.02. The highest BCUT2D eigenvalue weighted by atomic mass is 32.3. The summed E-state index contributed by atoms with van der Waals surface area (Å²) in [6.45, 7) is 0.520. The van der Waals surface area contributed by atoms with E-state index < -0.39 is 9.16 Å². The van der Waals surface area contributed by atoms with E-state index in [4.69, 9.17) is 4.74 Å². The van der Waals surface area contributed by atoms with Crippen molar-refractivity contribution in [3.8, 4) is 0 Å². The summed E-state index contributed by atoms with van der Waals surface area (Å²) in [6, 6.07) is 0. The quantitative estimate of drug-likeness (QED) is 0.401. The molecule has 0 radical (unpaired) electrons. The number of hydrogen-bond acceptors (Lipinski definition) is 3. The van der Waals surface area contributed by atoms with Gasteiger partial charge in [0.2, 0.25) is 5.91 Å². The van der Waals surface area contributed by atoms with Crippen LogP contribution in [0, 0.1) is 0 Å². The minimum atomic E-state index is -1.57. The van der Waals surface area contributed by atoms with E-state index in [1.165, 1.54) is 0 Å². The van der Waals surface area contributed by atoms with Crippen LogP contribution in [0.1, 0.15) is 25.7 Å². The Morgan fingerprint density at radius 2 is 1.61 bits per heavy atom. The van der Waals surface area contributed by atoms with Crippen LogP contribution in [-0.4, -0.2) is 56.3 Å². The lowest BCUT2D eigenvalue weighted by Crippen LogP contribution is -2.21. The zero-order valence-electron chi connectivity index (χ0n) is 12.4. The number of carbonyl (C=O) groups is 2. The third kappa shape index (κ3) is 11.8. The van der Waals surface area contributed by atoms with E-state index in [2.05, 4.69) is 30.3 Å². The number of unbranched alkanes of at least 4 members (excludes halogenated alkanes) is 1. The minimum Gasteiger partial charge on any atom is -0.465 e. The van der Waals surface area contributed by atoms with Gasteiger partial charge in [-0.1, -0.05) is 0 Å². The molecule has 0 aromatic carbocycles. The molecule has 0 heterocycles. The highest BCUT2D eigenvalue weighted by Gasteiger charge is 2.18. The molecule has 0 aliphatic rings. The average Bonchev–Trinajstić information content (AvgIpc) is 2.21. The van der Waals surface area contributed by atoms with Crippen molar-refractivity contribution in [3.63, 3.8) is 0 Å². The van der Waals surface area contributed by atoms with Crippen molar-refractivity contribution < 1.29 is 14.3 Å². The molecule has 0 spiro atoms. The normalized spacial score (nSPS) is 13.5. The van der Waals surface area contributed by atoms with E-state index >= 15 is 0 Å². The maximum Gasteiger partial charge on any atom is 0.305 e.